The molecule has 1 heterocycles. The summed E-state index contributed by atoms with van der Waals surface area (Å²) >= 11 is 4.52. The minimum atomic E-state index is 0.671. The summed E-state index contributed by atoms with van der Waals surface area (Å²) in [5.74, 6) is 3.77. The maximum Gasteiger partial charge on any atom is 0.0611 e. The number of thioether (sulfide) groups is 2. The van der Waals surface area contributed by atoms with Crippen LogP contribution in [0.2, 0.25) is 0 Å². The highest BCUT2D eigenvalue weighted by molar-refractivity contribution is 8.18. The van der Waals surface area contributed by atoms with Crippen molar-refractivity contribution >= 4 is 23.5 Å². The summed E-state index contributed by atoms with van der Waals surface area (Å²) in [6, 6.07) is 0. The second-order valence-electron chi connectivity index (χ2n) is 4.20. The molecule has 1 spiro atoms. The van der Waals surface area contributed by atoms with E-state index >= 15 is 0 Å². The summed E-state index contributed by atoms with van der Waals surface area (Å²) in [5.41, 5.74) is 0. The summed E-state index contributed by atoms with van der Waals surface area (Å²) in [4.78, 5) is 0. The Bertz CT molecular complexity index is 140. The van der Waals surface area contributed by atoms with Gasteiger partial charge in [-0.05, 0) is 30.3 Å². The fourth-order valence-electron chi connectivity index (χ4n) is 2.06. The molecule has 0 N–H and O–H groups in total. The highest BCUT2D eigenvalue weighted by Gasteiger charge is 2.36. The Kier molecular flexibility index (Phi) is 2.96. The van der Waals surface area contributed by atoms with E-state index in [2.05, 4.69) is 30.4 Å². The minimum Gasteiger partial charge on any atom is -0.144 e. The Balaban J connectivity index is 1.92. The summed E-state index contributed by atoms with van der Waals surface area (Å²) in [7, 11) is 0. The second-order valence-corrected chi connectivity index (χ2v) is 7.26. The summed E-state index contributed by atoms with van der Waals surface area (Å²) < 4.78 is 0.671. The molecule has 2 fully saturated rings. The van der Waals surface area contributed by atoms with Crippen LogP contribution in [0.3, 0.4) is 0 Å². The molecular weight excluding hydrogens is 184 g/mol. The van der Waals surface area contributed by atoms with Crippen molar-refractivity contribution in [1.82, 2.24) is 0 Å². The van der Waals surface area contributed by atoms with E-state index in [1.165, 1.54) is 43.6 Å². The van der Waals surface area contributed by atoms with Gasteiger partial charge in [0.2, 0.25) is 0 Å². The van der Waals surface area contributed by atoms with Gasteiger partial charge in [0, 0.05) is 0 Å². The van der Waals surface area contributed by atoms with E-state index in [9.17, 15) is 0 Å². The first-order chi connectivity index (χ1) is 5.81. The highest BCUT2D eigenvalue weighted by Crippen LogP contribution is 2.52. The van der Waals surface area contributed by atoms with Crippen LogP contribution in [0.4, 0.5) is 0 Å². The van der Waals surface area contributed by atoms with Gasteiger partial charge >= 0.3 is 0 Å². The van der Waals surface area contributed by atoms with Crippen molar-refractivity contribution in [1.29, 1.82) is 0 Å². The van der Waals surface area contributed by atoms with E-state index in [4.69, 9.17) is 0 Å². The molecule has 0 amide bonds. The molecular formula is C10H18S2. The minimum absolute atomic E-state index is 0.671. The predicted octanol–water partition coefficient (Wildman–Crippen LogP) is 3.76. The van der Waals surface area contributed by atoms with Crippen LogP contribution in [0.1, 0.15) is 39.0 Å². The lowest BCUT2D eigenvalue weighted by Gasteiger charge is -2.41. The normalized spacial score (nSPS) is 30.8. The van der Waals surface area contributed by atoms with Crippen molar-refractivity contribution in [3.05, 3.63) is 0 Å². The maximum atomic E-state index is 2.38. The van der Waals surface area contributed by atoms with Crippen molar-refractivity contribution < 1.29 is 0 Å². The molecule has 2 heteroatoms. The fraction of sp³-hybridized carbons (Fsp3) is 1.00. The second kappa shape index (κ2) is 3.83. The molecule has 2 aliphatic rings. The van der Waals surface area contributed by atoms with Crippen molar-refractivity contribution in [3.8, 4) is 0 Å². The van der Waals surface area contributed by atoms with Crippen molar-refractivity contribution in [3.63, 3.8) is 0 Å². The number of hydrogen-bond acceptors (Lipinski definition) is 2. The molecule has 1 saturated heterocycles. The fourth-order valence-corrected chi connectivity index (χ4v) is 5.51. The SMILES string of the molecule is CC1CSC2(CCCCC2)SC1. The van der Waals surface area contributed by atoms with Crippen LogP contribution in [0.5, 0.6) is 0 Å². The molecule has 0 radical (unpaired) electrons. The zero-order valence-electron chi connectivity index (χ0n) is 7.84. The van der Waals surface area contributed by atoms with Crippen LogP contribution in [0, 0.1) is 5.92 Å². The third-order valence-electron chi connectivity index (χ3n) is 2.88. The van der Waals surface area contributed by atoms with Gasteiger partial charge in [0.1, 0.15) is 0 Å². The monoisotopic (exact) mass is 202 g/mol. The molecule has 1 aliphatic heterocycles. The molecule has 2 rings (SSSR count). The van der Waals surface area contributed by atoms with Gasteiger partial charge < -0.3 is 0 Å². The van der Waals surface area contributed by atoms with Gasteiger partial charge in [0.15, 0.2) is 0 Å². The standard InChI is InChI=1S/C10H18S2/c1-9-7-11-10(12-8-9)5-3-2-4-6-10/h9H,2-8H2,1H3. The van der Waals surface area contributed by atoms with Gasteiger partial charge in [0.25, 0.3) is 0 Å². The molecule has 0 bridgehead atoms. The third-order valence-corrected chi connectivity index (χ3v) is 6.92. The van der Waals surface area contributed by atoms with Crippen LogP contribution in [0.15, 0.2) is 0 Å². The number of rotatable bonds is 0. The predicted molar refractivity (Wildman–Crippen MR) is 59.9 cm³/mol. The largest absolute Gasteiger partial charge is 0.144 e. The third kappa shape index (κ3) is 1.95. The van der Waals surface area contributed by atoms with Crippen molar-refractivity contribution in [2.24, 2.45) is 5.92 Å². The van der Waals surface area contributed by atoms with Crippen molar-refractivity contribution in [2.45, 2.75) is 43.1 Å². The number of hydrogen-bond donors (Lipinski definition) is 0. The Morgan fingerprint density at radius 2 is 1.58 bits per heavy atom. The molecule has 0 nitrogen and oxygen atoms in total. The summed E-state index contributed by atoms with van der Waals surface area (Å²) in [6.07, 6.45) is 7.41. The highest BCUT2D eigenvalue weighted by atomic mass is 32.2. The molecule has 12 heavy (non-hydrogen) atoms. The Morgan fingerprint density at radius 3 is 2.17 bits per heavy atom. The van der Waals surface area contributed by atoms with E-state index in [0.29, 0.717) is 4.08 Å². The van der Waals surface area contributed by atoms with Crippen LogP contribution in [0.25, 0.3) is 0 Å². The average Bonchev–Trinajstić information content (AvgIpc) is 2.13. The first-order valence-electron chi connectivity index (χ1n) is 5.09. The lowest BCUT2D eigenvalue weighted by molar-refractivity contribution is 0.485. The molecule has 0 aromatic heterocycles. The lowest BCUT2D eigenvalue weighted by Crippen LogP contribution is -2.30. The average molecular weight is 202 g/mol. The lowest BCUT2D eigenvalue weighted by atomic mass is 10.00. The van der Waals surface area contributed by atoms with E-state index in [1.807, 2.05) is 0 Å². The van der Waals surface area contributed by atoms with Gasteiger partial charge in [-0.25, -0.2) is 0 Å². The van der Waals surface area contributed by atoms with Gasteiger partial charge in [-0.3, -0.25) is 0 Å². The smallest absolute Gasteiger partial charge is 0.0611 e. The van der Waals surface area contributed by atoms with E-state index < -0.39 is 0 Å². The van der Waals surface area contributed by atoms with Gasteiger partial charge in [-0.15, -0.1) is 23.5 Å². The topological polar surface area (TPSA) is 0 Å². The molecule has 0 aromatic carbocycles. The van der Waals surface area contributed by atoms with Gasteiger partial charge in [-0.1, -0.05) is 26.2 Å². The van der Waals surface area contributed by atoms with Crippen LogP contribution >= 0.6 is 23.5 Å². The molecule has 0 unspecified atom stereocenters. The first kappa shape index (κ1) is 9.26. The van der Waals surface area contributed by atoms with Crippen molar-refractivity contribution in [2.75, 3.05) is 11.5 Å². The Labute approximate surface area is 84.3 Å². The summed E-state index contributed by atoms with van der Waals surface area (Å²) in [5, 5.41) is 0. The first-order valence-corrected chi connectivity index (χ1v) is 7.06. The van der Waals surface area contributed by atoms with E-state index in [0.717, 1.165) is 5.92 Å². The zero-order chi connectivity index (χ0) is 8.44. The molecule has 1 saturated carbocycles. The summed E-state index contributed by atoms with van der Waals surface area (Å²) in [6.45, 7) is 2.38. The Morgan fingerprint density at radius 1 is 1.00 bits per heavy atom. The van der Waals surface area contributed by atoms with Crippen LogP contribution in [-0.4, -0.2) is 15.6 Å². The Hall–Kier alpha value is 0.700. The maximum absolute atomic E-state index is 2.38. The molecule has 0 atom stereocenters. The van der Waals surface area contributed by atoms with Crippen LogP contribution in [-0.2, 0) is 0 Å². The van der Waals surface area contributed by atoms with Gasteiger partial charge in [-0.2, -0.15) is 0 Å². The molecule has 1 aliphatic carbocycles. The molecule has 0 aromatic rings. The quantitative estimate of drug-likeness (QED) is 0.586. The zero-order valence-corrected chi connectivity index (χ0v) is 9.48. The van der Waals surface area contributed by atoms with E-state index in [1.54, 1.807) is 0 Å². The molecule has 70 valence electrons. The van der Waals surface area contributed by atoms with Gasteiger partial charge in [0.05, 0.1) is 4.08 Å². The van der Waals surface area contributed by atoms with Crippen LogP contribution < -0.4 is 0 Å². The van der Waals surface area contributed by atoms with E-state index in [-0.39, 0.29) is 0 Å².